The van der Waals surface area contributed by atoms with E-state index in [-0.39, 0.29) is 0 Å². The van der Waals surface area contributed by atoms with Crippen molar-refractivity contribution in [1.29, 1.82) is 0 Å². The van der Waals surface area contributed by atoms with E-state index in [0.717, 1.165) is 5.69 Å². The highest BCUT2D eigenvalue weighted by molar-refractivity contribution is 7.92. The number of alkyl halides is 3. The van der Waals surface area contributed by atoms with Crippen molar-refractivity contribution in [2.75, 3.05) is 22.8 Å². The Morgan fingerprint density at radius 1 is 1.11 bits per heavy atom. The Labute approximate surface area is 110 Å². The zero-order valence-electron chi connectivity index (χ0n) is 10.3. The Morgan fingerprint density at radius 3 is 2.11 bits per heavy atom. The molecule has 1 aromatic carbocycles. The molecular formula is C11H15F3N2O2S. The molecule has 0 bridgehead atoms. The molecule has 0 spiro atoms. The first-order chi connectivity index (χ1) is 8.72. The molecule has 0 fully saturated rings. The molecule has 108 valence electrons. The number of hydrogen-bond acceptors (Lipinski definition) is 3. The average Bonchev–Trinajstić information content (AvgIpc) is 2.27. The predicted octanol–water partition coefficient (Wildman–Crippen LogP) is 2.81. The third kappa shape index (κ3) is 6.32. The summed E-state index contributed by atoms with van der Waals surface area (Å²) >= 11 is 0. The monoisotopic (exact) mass is 296 g/mol. The SMILES string of the molecule is CNc1ccc(NS(=O)(=O)CCCC(F)(F)F)cc1. The van der Waals surface area contributed by atoms with Gasteiger partial charge in [0.2, 0.25) is 10.0 Å². The van der Waals surface area contributed by atoms with Gasteiger partial charge in [0.1, 0.15) is 0 Å². The van der Waals surface area contributed by atoms with Crippen molar-refractivity contribution in [2.45, 2.75) is 19.0 Å². The second-order valence-electron chi connectivity index (χ2n) is 3.97. The first-order valence-electron chi connectivity index (χ1n) is 5.57. The number of benzene rings is 1. The van der Waals surface area contributed by atoms with Crippen LogP contribution in [-0.4, -0.2) is 27.4 Å². The van der Waals surface area contributed by atoms with E-state index in [9.17, 15) is 21.6 Å². The van der Waals surface area contributed by atoms with Gasteiger partial charge in [0.05, 0.1) is 5.75 Å². The molecule has 19 heavy (non-hydrogen) atoms. The molecule has 8 heteroatoms. The van der Waals surface area contributed by atoms with Crippen LogP contribution in [0.2, 0.25) is 0 Å². The Balaban J connectivity index is 2.54. The van der Waals surface area contributed by atoms with Gasteiger partial charge in [-0.3, -0.25) is 4.72 Å². The van der Waals surface area contributed by atoms with Crippen LogP contribution < -0.4 is 10.0 Å². The lowest BCUT2D eigenvalue weighted by atomic mass is 10.3. The molecule has 0 aliphatic rings. The minimum Gasteiger partial charge on any atom is -0.388 e. The minimum atomic E-state index is -4.33. The molecule has 0 aliphatic carbocycles. The number of sulfonamides is 1. The summed E-state index contributed by atoms with van der Waals surface area (Å²) in [4.78, 5) is 0. The molecule has 4 nitrogen and oxygen atoms in total. The number of hydrogen-bond donors (Lipinski definition) is 2. The summed E-state index contributed by atoms with van der Waals surface area (Å²) in [5.74, 6) is -0.555. The summed E-state index contributed by atoms with van der Waals surface area (Å²) in [6.07, 6.45) is -5.88. The molecule has 0 aliphatic heterocycles. The van der Waals surface area contributed by atoms with Crippen molar-refractivity contribution in [3.05, 3.63) is 24.3 Å². The van der Waals surface area contributed by atoms with Gasteiger partial charge >= 0.3 is 6.18 Å². The summed E-state index contributed by atoms with van der Waals surface area (Å²) in [6, 6.07) is 6.39. The summed E-state index contributed by atoms with van der Waals surface area (Å²) in [7, 11) is -2.03. The van der Waals surface area contributed by atoms with Crippen LogP contribution in [0.5, 0.6) is 0 Å². The van der Waals surface area contributed by atoms with Crippen LogP contribution >= 0.6 is 0 Å². The largest absolute Gasteiger partial charge is 0.389 e. The van der Waals surface area contributed by atoms with E-state index in [0.29, 0.717) is 5.69 Å². The van der Waals surface area contributed by atoms with Crippen molar-refractivity contribution < 1.29 is 21.6 Å². The fourth-order valence-electron chi connectivity index (χ4n) is 1.40. The zero-order chi connectivity index (χ0) is 14.5. The van der Waals surface area contributed by atoms with Crippen molar-refractivity contribution in [2.24, 2.45) is 0 Å². The fourth-order valence-corrected chi connectivity index (χ4v) is 2.52. The molecular weight excluding hydrogens is 281 g/mol. The first kappa shape index (κ1) is 15.6. The third-order valence-electron chi connectivity index (χ3n) is 2.32. The van der Waals surface area contributed by atoms with Crippen LogP contribution in [0.25, 0.3) is 0 Å². The first-order valence-corrected chi connectivity index (χ1v) is 7.22. The molecule has 0 saturated heterocycles. The summed E-state index contributed by atoms with van der Waals surface area (Å²) in [5, 5.41) is 2.87. The number of halogens is 3. The smallest absolute Gasteiger partial charge is 0.388 e. The van der Waals surface area contributed by atoms with E-state index in [2.05, 4.69) is 10.0 Å². The van der Waals surface area contributed by atoms with E-state index in [4.69, 9.17) is 0 Å². The zero-order valence-corrected chi connectivity index (χ0v) is 11.1. The standard InChI is InChI=1S/C11H15F3N2O2S/c1-15-9-3-5-10(6-4-9)16-19(17,18)8-2-7-11(12,13)14/h3-6,15-16H,2,7-8H2,1H3. The van der Waals surface area contributed by atoms with E-state index in [1.807, 2.05) is 0 Å². The number of nitrogens with one attached hydrogen (secondary N) is 2. The van der Waals surface area contributed by atoms with Crippen molar-refractivity contribution >= 4 is 21.4 Å². The Hall–Kier alpha value is -1.44. The fraction of sp³-hybridized carbons (Fsp3) is 0.455. The molecule has 0 heterocycles. The van der Waals surface area contributed by atoms with Crippen LogP contribution in [0, 0.1) is 0 Å². The molecule has 0 saturated carbocycles. The number of anilines is 2. The average molecular weight is 296 g/mol. The van der Waals surface area contributed by atoms with Crippen molar-refractivity contribution in [3.63, 3.8) is 0 Å². The second kappa shape index (κ2) is 6.14. The van der Waals surface area contributed by atoms with Gasteiger partial charge in [-0.2, -0.15) is 13.2 Å². The quantitative estimate of drug-likeness (QED) is 0.848. The van der Waals surface area contributed by atoms with Gasteiger partial charge in [-0.25, -0.2) is 8.42 Å². The van der Waals surface area contributed by atoms with Gasteiger partial charge in [0.15, 0.2) is 0 Å². The maximum atomic E-state index is 11.9. The summed E-state index contributed by atoms with van der Waals surface area (Å²) in [5.41, 5.74) is 1.13. The highest BCUT2D eigenvalue weighted by atomic mass is 32.2. The van der Waals surface area contributed by atoms with E-state index >= 15 is 0 Å². The van der Waals surface area contributed by atoms with Crippen LogP contribution in [-0.2, 0) is 10.0 Å². The Kier molecular flexibility index (Phi) is 5.04. The van der Waals surface area contributed by atoms with Crippen molar-refractivity contribution in [3.8, 4) is 0 Å². The van der Waals surface area contributed by atoms with Crippen LogP contribution in [0.15, 0.2) is 24.3 Å². The highest BCUT2D eigenvalue weighted by Gasteiger charge is 2.27. The summed E-state index contributed by atoms with van der Waals surface area (Å²) in [6.45, 7) is 0. The lowest BCUT2D eigenvalue weighted by Crippen LogP contribution is -2.18. The molecule has 0 amide bonds. The molecule has 0 radical (unpaired) electrons. The third-order valence-corrected chi connectivity index (χ3v) is 3.69. The van der Waals surface area contributed by atoms with Crippen LogP contribution in [0.4, 0.5) is 24.5 Å². The normalized spacial score (nSPS) is 12.2. The van der Waals surface area contributed by atoms with E-state index in [1.54, 1.807) is 19.2 Å². The summed E-state index contributed by atoms with van der Waals surface area (Å²) < 4.78 is 61.1. The van der Waals surface area contributed by atoms with E-state index < -0.39 is 34.8 Å². The van der Waals surface area contributed by atoms with Gasteiger partial charge in [-0.1, -0.05) is 0 Å². The molecule has 0 unspecified atom stereocenters. The molecule has 0 atom stereocenters. The van der Waals surface area contributed by atoms with Crippen LogP contribution in [0.1, 0.15) is 12.8 Å². The predicted molar refractivity (Wildman–Crippen MR) is 68.7 cm³/mol. The van der Waals surface area contributed by atoms with Gasteiger partial charge in [-0.15, -0.1) is 0 Å². The lowest BCUT2D eigenvalue weighted by Gasteiger charge is -2.09. The maximum absolute atomic E-state index is 11.9. The molecule has 1 rings (SSSR count). The van der Waals surface area contributed by atoms with Gasteiger partial charge in [0.25, 0.3) is 0 Å². The maximum Gasteiger partial charge on any atom is 0.389 e. The minimum absolute atomic E-state index is 0.325. The highest BCUT2D eigenvalue weighted by Crippen LogP contribution is 2.22. The van der Waals surface area contributed by atoms with Gasteiger partial charge in [-0.05, 0) is 30.7 Å². The van der Waals surface area contributed by atoms with E-state index in [1.165, 1.54) is 12.1 Å². The lowest BCUT2D eigenvalue weighted by molar-refractivity contribution is -0.134. The topological polar surface area (TPSA) is 58.2 Å². The molecule has 1 aromatic rings. The molecule has 2 N–H and O–H groups in total. The van der Waals surface area contributed by atoms with Gasteiger partial charge in [0, 0.05) is 24.8 Å². The number of rotatable bonds is 6. The second-order valence-corrected chi connectivity index (χ2v) is 5.81. The Morgan fingerprint density at radius 2 is 1.63 bits per heavy atom. The Bertz CT molecular complexity index is 498. The molecule has 0 aromatic heterocycles. The van der Waals surface area contributed by atoms with Crippen LogP contribution in [0.3, 0.4) is 0 Å². The van der Waals surface area contributed by atoms with Crippen molar-refractivity contribution in [1.82, 2.24) is 0 Å². The van der Waals surface area contributed by atoms with Gasteiger partial charge < -0.3 is 5.32 Å².